The number of aliphatic carboxylic acids is 1. The van der Waals surface area contributed by atoms with Crippen molar-refractivity contribution in [2.75, 3.05) is 18.0 Å². The third kappa shape index (κ3) is 2.34. The number of anilines is 1. The summed E-state index contributed by atoms with van der Waals surface area (Å²) in [7, 11) is 0. The van der Waals surface area contributed by atoms with E-state index in [-0.39, 0.29) is 0 Å². The Kier molecular flexibility index (Phi) is 3.30. The Morgan fingerprint density at radius 2 is 2.17 bits per heavy atom. The molecule has 2 rings (SSSR count). The molecule has 0 aromatic heterocycles. The number of nitrogens with two attached hydrogens (primary N) is 1. The van der Waals surface area contributed by atoms with E-state index in [9.17, 15) is 9.90 Å². The maximum atomic E-state index is 11.3. The fraction of sp³-hybridized carbons (Fsp3) is 0.500. The molecule has 0 saturated carbocycles. The van der Waals surface area contributed by atoms with E-state index in [1.54, 1.807) is 0 Å². The highest BCUT2D eigenvalue weighted by molar-refractivity contribution is 5.80. The first-order valence-corrected chi connectivity index (χ1v) is 6.27. The zero-order valence-corrected chi connectivity index (χ0v) is 10.9. The van der Waals surface area contributed by atoms with Crippen LogP contribution in [0, 0.1) is 13.8 Å². The number of rotatable bonds is 2. The van der Waals surface area contributed by atoms with E-state index in [2.05, 4.69) is 23.1 Å². The molecule has 1 atom stereocenters. The largest absolute Gasteiger partial charge is 0.480 e. The summed E-state index contributed by atoms with van der Waals surface area (Å²) in [6, 6.07) is 6.23. The minimum absolute atomic E-state index is 0.382. The molecule has 0 bridgehead atoms. The van der Waals surface area contributed by atoms with E-state index in [0.29, 0.717) is 13.0 Å². The first-order chi connectivity index (χ1) is 8.42. The second-order valence-electron chi connectivity index (χ2n) is 5.28. The van der Waals surface area contributed by atoms with Crippen LogP contribution < -0.4 is 10.6 Å². The molecule has 1 fully saturated rings. The molecule has 4 nitrogen and oxygen atoms in total. The molecule has 0 radical (unpaired) electrons. The van der Waals surface area contributed by atoms with E-state index < -0.39 is 11.5 Å². The molecular formula is C14H20N2O2. The molecule has 0 amide bonds. The summed E-state index contributed by atoms with van der Waals surface area (Å²) in [5.74, 6) is -0.905. The molecule has 0 aliphatic carbocycles. The normalized spacial score (nSPS) is 24.1. The summed E-state index contributed by atoms with van der Waals surface area (Å²) < 4.78 is 0. The number of nitrogens with zero attached hydrogens (tertiary/aromatic N) is 1. The van der Waals surface area contributed by atoms with Crippen LogP contribution in [0.1, 0.15) is 24.0 Å². The van der Waals surface area contributed by atoms with Crippen LogP contribution in [0.25, 0.3) is 0 Å². The van der Waals surface area contributed by atoms with Gasteiger partial charge in [0.05, 0.1) is 0 Å². The first-order valence-electron chi connectivity index (χ1n) is 6.27. The van der Waals surface area contributed by atoms with Crippen molar-refractivity contribution >= 4 is 11.7 Å². The summed E-state index contributed by atoms with van der Waals surface area (Å²) in [5, 5.41) is 9.23. The molecule has 1 saturated heterocycles. The van der Waals surface area contributed by atoms with Crippen molar-refractivity contribution in [1.29, 1.82) is 0 Å². The van der Waals surface area contributed by atoms with Gasteiger partial charge in [-0.2, -0.15) is 0 Å². The van der Waals surface area contributed by atoms with Crippen LogP contribution in [0.4, 0.5) is 5.69 Å². The van der Waals surface area contributed by atoms with Gasteiger partial charge in [-0.05, 0) is 43.9 Å². The molecule has 1 aromatic carbocycles. The van der Waals surface area contributed by atoms with Crippen LogP contribution in [0.3, 0.4) is 0 Å². The van der Waals surface area contributed by atoms with E-state index in [0.717, 1.165) is 24.2 Å². The predicted octanol–water partition coefficient (Wildman–Crippen LogP) is 1.69. The van der Waals surface area contributed by atoms with Gasteiger partial charge in [0.15, 0.2) is 0 Å². The minimum atomic E-state index is -1.12. The Morgan fingerprint density at radius 1 is 1.44 bits per heavy atom. The maximum absolute atomic E-state index is 11.3. The lowest BCUT2D eigenvalue weighted by Gasteiger charge is -2.39. The summed E-state index contributed by atoms with van der Waals surface area (Å²) in [4.78, 5) is 13.4. The molecule has 1 aliphatic rings. The smallest absolute Gasteiger partial charge is 0.325 e. The van der Waals surface area contributed by atoms with Crippen LogP contribution >= 0.6 is 0 Å². The van der Waals surface area contributed by atoms with Crippen molar-refractivity contribution in [3.05, 3.63) is 29.3 Å². The molecule has 18 heavy (non-hydrogen) atoms. The average Bonchev–Trinajstić information content (AvgIpc) is 2.32. The molecule has 4 heteroatoms. The number of piperidine rings is 1. The standard InChI is InChI=1S/C14H20N2O2/c1-10-4-5-11(2)12(8-10)16-7-3-6-14(15,9-16)13(17)18/h4-5,8H,3,6-7,9,15H2,1-2H3,(H,17,18). The van der Waals surface area contributed by atoms with E-state index in [4.69, 9.17) is 5.73 Å². The molecule has 3 N–H and O–H groups in total. The summed E-state index contributed by atoms with van der Waals surface area (Å²) in [6.45, 7) is 5.34. The van der Waals surface area contributed by atoms with Gasteiger partial charge in [-0.3, -0.25) is 4.79 Å². The van der Waals surface area contributed by atoms with Crippen LogP contribution in [-0.4, -0.2) is 29.7 Å². The highest BCUT2D eigenvalue weighted by atomic mass is 16.4. The van der Waals surface area contributed by atoms with E-state index in [1.807, 2.05) is 13.8 Å². The number of benzene rings is 1. The molecule has 1 aromatic rings. The van der Waals surface area contributed by atoms with Gasteiger partial charge in [0, 0.05) is 18.8 Å². The lowest BCUT2D eigenvalue weighted by atomic mass is 9.89. The van der Waals surface area contributed by atoms with Gasteiger partial charge in [-0.25, -0.2) is 0 Å². The number of carbonyl (C=O) groups is 1. The quantitative estimate of drug-likeness (QED) is 0.835. The van der Waals surface area contributed by atoms with Crippen molar-refractivity contribution in [2.45, 2.75) is 32.2 Å². The Labute approximate surface area is 107 Å². The van der Waals surface area contributed by atoms with Crippen LogP contribution in [0.2, 0.25) is 0 Å². The highest BCUT2D eigenvalue weighted by Crippen LogP contribution is 2.28. The maximum Gasteiger partial charge on any atom is 0.325 e. The summed E-state index contributed by atoms with van der Waals surface area (Å²) in [6.07, 6.45) is 1.36. The van der Waals surface area contributed by atoms with Crippen molar-refractivity contribution < 1.29 is 9.90 Å². The summed E-state index contributed by atoms with van der Waals surface area (Å²) >= 11 is 0. The third-order valence-corrected chi connectivity index (χ3v) is 3.66. The molecule has 98 valence electrons. The van der Waals surface area contributed by atoms with Crippen molar-refractivity contribution in [2.24, 2.45) is 5.73 Å². The molecule has 1 aliphatic heterocycles. The Balaban J connectivity index is 2.28. The van der Waals surface area contributed by atoms with Gasteiger partial charge in [0.25, 0.3) is 0 Å². The van der Waals surface area contributed by atoms with Crippen LogP contribution in [-0.2, 0) is 4.79 Å². The molecule has 0 spiro atoms. The second kappa shape index (κ2) is 4.61. The lowest BCUT2D eigenvalue weighted by molar-refractivity contribution is -0.143. The van der Waals surface area contributed by atoms with Gasteiger partial charge >= 0.3 is 5.97 Å². The van der Waals surface area contributed by atoms with Crippen LogP contribution in [0.5, 0.6) is 0 Å². The molecule has 1 unspecified atom stereocenters. The van der Waals surface area contributed by atoms with Gasteiger partial charge in [0.2, 0.25) is 0 Å². The topological polar surface area (TPSA) is 66.6 Å². The van der Waals surface area contributed by atoms with E-state index >= 15 is 0 Å². The van der Waals surface area contributed by atoms with Crippen molar-refractivity contribution in [3.8, 4) is 0 Å². The van der Waals surface area contributed by atoms with Gasteiger partial charge in [-0.15, -0.1) is 0 Å². The Bertz CT molecular complexity index is 473. The van der Waals surface area contributed by atoms with Crippen molar-refractivity contribution in [1.82, 2.24) is 0 Å². The lowest BCUT2D eigenvalue weighted by Crippen LogP contribution is -2.59. The third-order valence-electron chi connectivity index (χ3n) is 3.66. The molecular weight excluding hydrogens is 228 g/mol. The second-order valence-corrected chi connectivity index (χ2v) is 5.28. The van der Waals surface area contributed by atoms with E-state index in [1.165, 1.54) is 5.56 Å². The fourth-order valence-electron chi connectivity index (χ4n) is 2.52. The van der Waals surface area contributed by atoms with Gasteiger partial charge < -0.3 is 15.7 Å². The number of hydrogen-bond donors (Lipinski definition) is 2. The molecule has 1 heterocycles. The highest BCUT2D eigenvalue weighted by Gasteiger charge is 2.38. The fourth-order valence-corrected chi connectivity index (χ4v) is 2.52. The monoisotopic (exact) mass is 248 g/mol. The SMILES string of the molecule is Cc1ccc(C)c(N2CCCC(N)(C(=O)O)C2)c1. The Morgan fingerprint density at radius 3 is 2.83 bits per heavy atom. The number of aryl methyl sites for hydroxylation is 2. The summed E-state index contributed by atoms with van der Waals surface area (Å²) in [5.41, 5.74) is 8.30. The zero-order valence-electron chi connectivity index (χ0n) is 10.9. The number of hydrogen-bond acceptors (Lipinski definition) is 3. The zero-order chi connectivity index (χ0) is 13.3. The first kappa shape index (κ1) is 12.9. The van der Waals surface area contributed by atoms with Gasteiger partial charge in [0.1, 0.15) is 5.54 Å². The van der Waals surface area contributed by atoms with Gasteiger partial charge in [-0.1, -0.05) is 12.1 Å². The number of carboxylic acid groups (broad SMARTS) is 1. The number of carboxylic acids is 1. The van der Waals surface area contributed by atoms with Crippen molar-refractivity contribution in [3.63, 3.8) is 0 Å². The predicted molar refractivity (Wildman–Crippen MR) is 71.9 cm³/mol. The average molecular weight is 248 g/mol. The Hall–Kier alpha value is -1.55. The minimum Gasteiger partial charge on any atom is -0.480 e. The van der Waals surface area contributed by atoms with Crippen LogP contribution in [0.15, 0.2) is 18.2 Å².